The van der Waals surface area contributed by atoms with Crippen molar-refractivity contribution >= 4 is 22.6 Å². The third-order valence-corrected chi connectivity index (χ3v) is 4.77. The number of rotatable bonds is 3. The summed E-state index contributed by atoms with van der Waals surface area (Å²) in [5.41, 5.74) is 2.31. The van der Waals surface area contributed by atoms with Crippen LogP contribution in [0.15, 0.2) is 24.4 Å². The van der Waals surface area contributed by atoms with Gasteiger partial charge in [-0.2, -0.15) is 5.26 Å². The summed E-state index contributed by atoms with van der Waals surface area (Å²) in [6.45, 7) is 3.20. The summed E-state index contributed by atoms with van der Waals surface area (Å²) >= 11 is 0. The predicted octanol–water partition coefficient (Wildman–Crippen LogP) is 2.08. The highest BCUT2D eigenvalue weighted by Gasteiger charge is 2.33. The van der Waals surface area contributed by atoms with Crippen LogP contribution in [0, 0.1) is 23.2 Å². The van der Waals surface area contributed by atoms with Crippen LogP contribution in [0.1, 0.15) is 18.9 Å². The number of aromatic amines is 1. The molecule has 0 amide bonds. The van der Waals surface area contributed by atoms with Gasteiger partial charge in [0.05, 0.1) is 30.2 Å². The molecule has 0 aliphatic carbocycles. The van der Waals surface area contributed by atoms with Crippen molar-refractivity contribution in [3.8, 4) is 11.8 Å². The molecule has 0 saturated carbocycles. The van der Waals surface area contributed by atoms with E-state index in [0.717, 1.165) is 22.3 Å². The number of nitriles is 1. The van der Waals surface area contributed by atoms with Crippen molar-refractivity contribution in [2.45, 2.75) is 13.3 Å². The zero-order valence-corrected chi connectivity index (χ0v) is 13.7. The Morgan fingerprint density at radius 1 is 1.50 bits per heavy atom. The first-order valence-corrected chi connectivity index (χ1v) is 7.95. The average molecular weight is 326 g/mol. The van der Waals surface area contributed by atoms with Gasteiger partial charge in [-0.25, -0.2) is 4.98 Å². The number of carbonyl (C=O) groups is 1. The summed E-state index contributed by atoms with van der Waals surface area (Å²) < 4.78 is 5.26. The smallest absolute Gasteiger partial charge is 0.306 e. The number of aliphatic carboxylic acids is 1. The number of pyridine rings is 1. The first-order chi connectivity index (χ1) is 11.5. The van der Waals surface area contributed by atoms with Gasteiger partial charge in [0.1, 0.15) is 17.4 Å². The number of methoxy groups -OCH3 is 1. The Balaban J connectivity index is 2.05. The Bertz CT molecular complexity index is 828. The normalized spacial score (nSPS) is 20.6. The highest BCUT2D eigenvalue weighted by molar-refractivity contribution is 5.93. The lowest BCUT2D eigenvalue weighted by Gasteiger charge is -2.36. The van der Waals surface area contributed by atoms with E-state index in [1.54, 1.807) is 13.3 Å². The number of fused-ring (bicyclic) bond motifs is 1. The topological polar surface area (TPSA) is 87.7 Å². The number of piperidine rings is 1. The van der Waals surface area contributed by atoms with E-state index in [4.69, 9.17) is 4.74 Å². The first-order valence-electron chi connectivity index (χ1n) is 7.95. The molecule has 1 aromatic carbocycles. The van der Waals surface area contributed by atoms with Crippen molar-refractivity contribution in [3.05, 3.63) is 30.0 Å². The van der Waals surface area contributed by atoms with Crippen molar-refractivity contribution < 1.29 is 19.6 Å². The van der Waals surface area contributed by atoms with Gasteiger partial charge >= 0.3 is 5.97 Å². The number of H-pyrrole nitrogens is 1. The second-order valence-electron chi connectivity index (χ2n) is 6.23. The fraction of sp³-hybridized carbons (Fsp3) is 0.389. The number of nitrogens with one attached hydrogen (secondary N) is 1. The number of nitrogens with zero attached hydrogens (tertiary/aromatic N) is 2. The molecule has 0 radical (unpaired) electrons. The standard InChI is InChI=1S/C18H19N3O3/c1-11-10-21(6-5-14(11)18(22)23)17-12(8-19)9-20-16-7-13(24-2)3-4-15(16)17/h3-4,7,9,11,14H,5-6,10H2,1-2H3,(H,22,23)/p+1/t11-,14+/m1/s1. The van der Waals surface area contributed by atoms with Gasteiger partial charge in [0.25, 0.3) is 0 Å². The number of aromatic nitrogens is 1. The second kappa shape index (κ2) is 6.36. The summed E-state index contributed by atoms with van der Waals surface area (Å²) in [5.74, 6) is -0.292. The first kappa shape index (κ1) is 16.1. The molecule has 1 aromatic heterocycles. The molecule has 0 spiro atoms. The van der Waals surface area contributed by atoms with Crippen LogP contribution in [0.5, 0.6) is 5.75 Å². The number of benzene rings is 1. The SMILES string of the molecule is COc1ccc2c(N3CC[C@H](C(=O)O)[C@H](C)C3)c(C#N)c[nH+]c2c1. The van der Waals surface area contributed by atoms with Gasteiger partial charge in [-0.05, 0) is 24.5 Å². The predicted molar refractivity (Wildman–Crippen MR) is 88.9 cm³/mol. The molecule has 2 atom stereocenters. The molecule has 2 N–H and O–H groups in total. The second-order valence-corrected chi connectivity index (χ2v) is 6.23. The highest BCUT2D eigenvalue weighted by atomic mass is 16.5. The lowest BCUT2D eigenvalue weighted by Crippen LogP contribution is -2.42. The molecule has 1 fully saturated rings. The lowest BCUT2D eigenvalue weighted by atomic mass is 9.86. The minimum atomic E-state index is -0.737. The van der Waals surface area contributed by atoms with Gasteiger partial charge in [0.15, 0.2) is 6.20 Å². The number of hydrogen-bond acceptors (Lipinski definition) is 4. The molecule has 2 heterocycles. The third kappa shape index (κ3) is 2.73. The minimum Gasteiger partial charge on any atom is -0.497 e. The van der Waals surface area contributed by atoms with Gasteiger partial charge in [-0.1, -0.05) is 6.92 Å². The van der Waals surface area contributed by atoms with Crippen LogP contribution in [0.2, 0.25) is 0 Å². The Labute approximate surface area is 140 Å². The van der Waals surface area contributed by atoms with E-state index in [1.165, 1.54) is 0 Å². The van der Waals surface area contributed by atoms with Gasteiger partial charge < -0.3 is 14.7 Å². The van der Waals surface area contributed by atoms with Crippen LogP contribution >= 0.6 is 0 Å². The van der Waals surface area contributed by atoms with Crippen LogP contribution < -0.4 is 14.6 Å². The maximum absolute atomic E-state index is 11.3. The molecule has 24 heavy (non-hydrogen) atoms. The molecule has 0 bridgehead atoms. The van der Waals surface area contributed by atoms with Crippen LogP contribution in [-0.2, 0) is 4.79 Å². The van der Waals surface area contributed by atoms with Crippen molar-refractivity contribution in [2.24, 2.45) is 11.8 Å². The molecule has 1 saturated heterocycles. The van der Waals surface area contributed by atoms with Crippen molar-refractivity contribution in [1.29, 1.82) is 5.26 Å². The van der Waals surface area contributed by atoms with Gasteiger partial charge in [0, 0.05) is 13.1 Å². The maximum Gasteiger partial charge on any atom is 0.306 e. The molecule has 2 aromatic rings. The zero-order chi connectivity index (χ0) is 17.3. The molecule has 124 valence electrons. The number of anilines is 1. The average Bonchev–Trinajstić information content (AvgIpc) is 2.59. The molecule has 1 aliphatic heterocycles. The molecular weight excluding hydrogens is 306 g/mol. The van der Waals surface area contributed by atoms with E-state index in [1.807, 2.05) is 25.1 Å². The quantitative estimate of drug-likeness (QED) is 0.933. The van der Waals surface area contributed by atoms with Crippen molar-refractivity contribution in [2.75, 3.05) is 25.1 Å². The fourth-order valence-corrected chi connectivity index (χ4v) is 3.48. The van der Waals surface area contributed by atoms with E-state index >= 15 is 0 Å². The number of ether oxygens (including phenoxy) is 1. The summed E-state index contributed by atoms with van der Waals surface area (Å²) in [7, 11) is 1.62. The lowest BCUT2D eigenvalue weighted by molar-refractivity contribution is -0.344. The fourth-order valence-electron chi connectivity index (χ4n) is 3.48. The minimum absolute atomic E-state index is 0.0280. The van der Waals surface area contributed by atoms with E-state index in [-0.39, 0.29) is 11.8 Å². The van der Waals surface area contributed by atoms with Gasteiger partial charge in [-0.15, -0.1) is 0 Å². The number of hydrogen-bond donors (Lipinski definition) is 1. The zero-order valence-electron chi connectivity index (χ0n) is 13.7. The summed E-state index contributed by atoms with van der Waals surface area (Å²) in [6.07, 6.45) is 2.28. The van der Waals surface area contributed by atoms with Crippen LogP contribution in [-0.4, -0.2) is 31.3 Å². The third-order valence-electron chi connectivity index (χ3n) is 4.77. The highest BCUT2D eigenvalue weighted by Crippen LogP contribution is 2.34. The molecular formula is C18H20N3O3+. The van der Waals surface area contributed by atoms with Crippen LogP contribution in [0.25, 0.3) is 10.9 Å². The maximum atomic E-state index is 11.3. The van der Waals surface area contributed by atoms with Crippen molar-refractivity contribution in [3.63, 3.8) is 0 Å². The van der Waals surface area contributed by atoms with Crippen molar-refractivity contribution in [1.82, 2.24) is 0 Å². The van der Waals surface area contributed by atoms with E-state index in [9.17, 15) is 15.2 Å². The molecule has 6 heteroatoms. The van der Waals surface area contributed by atoms with E-state index in [2.05, 4.69) is 16.0 Å². The summed E-state index contributed by atoms with van der Waals surface area (Å²) in [4.78, 5) is 16.6. The monoisotopic (exact) mass is 326 g/mol. The summed E-state index contributed by atoms with van der Waals surface area (Å²) in [5, 5.41) is 19.7. The molecule has 6 nitrogen and oxygen atoms in total. The van der Waals surface area contributed by atoms with Gasteiger partial charge in [0.2, 0.25) is 5.52 Å². The van der Waals surface area contributed by atoms with Crippen LogP contribution in [0.4, 0.5) is 5.69 Å². The number of carboxylic acid groups (broad SMARTS) is 1. The Morgan fingerprint density at radius 3 is 2.92 bits per heavy atom. The Kier molecular flexibility index (Phi) is 4.26. The number of carboxylic acids is 1. The Hall–Kier alpha value is -2.81. The van der Waals surface area contributed by atoms with E-state index in [0.29, 0.717) is 25.1 Å². The Morgan fingerprint density at radius 2 is 2.29 bits per heavy atom. The molecule has 0 unspecified atom stereocenters. The van der Waals surface area contributed by atoms with Gasteiger partial charge in [-0.3, -0.25) is 4.79 Å². The van der Waals surface area contributed by atoms with E-state index < -0.39 is 5.97 Å². The molecule has 3 rings (SSSR count). The summed E-state index contributed by atoms with van der Waals surface area (Å²) in [6, 6.07) is 7.95. The molecule has 1 aliphatic rings. The van der Waals surface area contributed by atoms with Crippen LogP contribution in [0.3, 0.4) is 0 Å². The largest absolute Gasteiger partial charge is 0.497 e.